The van der Waals surface area contributed by atoms with Gasteiger partial charge in [0.25, 0.3) is 5.56 Å². The van der Waals surface area contributed by atoms with Gasteiger partial charge < -0.3 is 4.98 Å². The normalized spacial score (nSPS) is 13.9. The molecule has 0 amide bonds. The van der Waals surface area contributed by atoms with Gasteiger partial charge in [-0.3, -0.25) is 4.79 Å². The maximum Gasteiger partial charge on any atom is 0.251 e. The number of hydrogen-bond acceptors (Lipinski definition) is 1. The molecule has 1 atom stereocenters. The zero-order valence-electron chi connectivity index (χ0n) is 10.1. The Kier molecular flexibility index (Phi) is 3.72. The molecule has 2 heteroatoms. The van der Waals surface area contributed by atoms with E-state index in [2.05, 4.69) is 32.7 Å². The van der Waals surface area contributed by atoms with Crippen LogP contribution in [0, 0.1) is 11.3 Å². The Balaban J connectivity index is 2.59. The standard InChI is InChI=1S/C13H21NO/c1-10(13(2,3)4)7-8-11-6-5-9-14-12(11)15/h5-6,9-10H,7-8H2,1-4H3,(H,14,15). The van der Waals surface area contributed by atoms with Crippen LogP contribution < -0.4 is 5.56 Å². The largest absolute Gasteiger partial charge is 0.329 e. The summed E-state index contributed by atoms with van der Waals surface area (Å²) in [6.45, 7) is 8.98. The summed E-state index contributed by atoms with van der Waals surface area (Å²) in [7, 11) is 0. The van der Waals surface area contributed by atoms with Gasteiger partial charge in [0.1, 0.15) is 0 Å². The Labute approximate surface area is 91.7 Å². The van der Waals surface area contributed by atoms with E-state index in [4.69, 9.17) is 0 Å². The minimum Gasteiger partial charge on any atom is -0.329 e. The van der Waals surface area contributed by atoms with Crippen LogP contribution in [0.25, 0.3) is 0 Å². The molecule has 0 aromatic carbocycles. The molecule has 1 unspecified atom stereocenters. The zero-order chi connectivity index (χ0) is 11.5. The third kappa shape index (κ3) is 3.54. The van der Waals surface area contributed by atoms with Crippen molar-refractivity contribution in [1.82, 2.24) is 4.98 Å². The summed E-state index contributed by atoms with van der Waals surface area (Å²) < 4.78 is 0. The molecule has 0 bridgehead atoms. The van der Waals surface area contributed by atoms with Gasteiger partial charge in [0.15, 0.2) is 0 Å². The lowest BCUT2D eigenvalue weighted by atomic mass is 9.79. The summed E-state index contributed by atoms with van der Waals surface area (Å²) in [6, 6.07) is 3.80. The van der Waals surface area contributed by atoms with E-state index in [1.54, 1.807) is 6.20 Å². The molecular formula is C13H21NO. The predicted octanol–water partition coefficient (Wildman–Crippen LogP) is 2.99. The summed E-state index contributed by atoms with van der Waals surface area (Å²) >= 11 is 0. The maximum absolute atomic E-state index is 11.4. The van der Waals surface area contributed by atoms with Crippen molar-refractivity contribution >= 4 is 0 Å². The molecule has 1 aromatic heterocycles. The first kappa shape index (κ1) is 12.0. The number of rotatable bonds is 3. The van der Waals surface area contributed by atoms with Crippen LogP contribution in [0.5, 0.6) is 0 Å². The van der Waals surface area contributed by atoms with Crippen LogP contribution in [0.2, 0.25) is 0 Å². The monoisotopic (exact) mass is 207 g/mol. The van der Waals surface area contributed by atoms with E-state index in [-0.39, 0.29) is 5.56 Å². The summed E-state index contributed by atoms with van der Waals surface area (Å²) in [5.41, 5.74) is 1.27. The molecule has 1 aromatic rings. The van der Waals surface area contributed by atoms with Crippen molar-refractivity contribution in [3.63, 3.8) is 0 Å². The fraction of sp³-hybridized carbons (Fsp3) is 0.615. The van der Waals surface area contributed by atoms with Gasteiger partial charge in [-0.05, 0) is 30.2 Å². The molecule has 1 rings (SSSR count). The molecule has 0 spiro atoms. The van der Waals surface area contributed by atoms with E-state index in [1.165, 1.54) is 0 Å². The molecular weight excluding hydrogens is 186 g/mol. The van der Waals surface area contributed by atoms with Gasteiger partial charge in [0.05, 0.1) is 0 Å². The Morgan fingerprint density at radius 1 is 1.40 bits per heavy atom. The van der Waals surface area contributed by atoms with E-state index in [0.29, 0.717) is 11.3 Å². The third-order valence-electron chi connectivity index (χ3n) is 3.22. The SMILES string of the molecule is CC(CCc1ccc[nH]c1=O)C(C)(C)C. The number of aromatic amines is 1. The van der Waals surface area contributed by atoms with E-state index in [0.717, 1.165) is 18.4 Å². The van der Waals surface area contributed by atoms with Crippen LogP contribution >= 0.6 is 0 Å². The lowest BCUT2D eigenvalue weighted by molar-refractivity contribution is 0.247. The molecule has 0 aliphatic heterocycles. The van der Waals surface area contributed by atoms with Gasteiger partial charge in [0.2, 0.25) is 0 Å². The molecule has 0 saturated carbocycles. The number of nitrogens with one attached hydrogen (secondary N) is 1. The second-order valence-corrected chi connectivity index (χ2v) is 5.33. The zero-order valence-corrected chi connectivity index (χ0v) is 10.1. The van der Waals surface area contributed by atoms with Crippen LogP contribution in [0.3, 0.4) is 0 Å². The summed E-state index contributed by atoms with van der Waals surface area (Å²) in [6.07, 6.45) is 3.62. The third-order valence-corrected chi connectivity index (χ3v) is 3.22. The van der Waals surface area contributed by atoms with Crippen molar-refractivity contribution < 1.29 is 0 Å². The van der Waals surface area contributed by atoms with Crippen LogP contribution in [-0.4, -0.2) is 4.98 Å². The van der Waals surface area contributed by atoms with Crippen LogP contribution in [-0.2, 0) is 6.42 Å². The first-order chi connectivity index (χ1) is 6.91. The molecule has 15 heavy (non-hydrogen) atoms. The first-order valence-electron chi connectivity index (χ1n) is 5.58. The number of H-pyrrole nitrogens is 1. The molecule has 0 aliphatic carbocycles. The number of pyridine rings is 1. The van der Waals surface area contributed by atoms with Gasteiger partial charge >= 0.3 is 0 Å². The van der Waals surface area contributed by atoms with E-state index >= 15 is 0 Å². The summed E-state index contributed by atoms with van der Waals surface area (Å²) in [5.74, 6) is 0.622. The highest BCUT2D eigenvalue weighted by molar-refractivity contribution is 5.09. The fourth-order valence-electron chi connectivity index (χ4n) is 1.46. The van der Waals surface area contributed by atoms with Gasteiger partial charge in [-0.2, -0.15) is 0 Å². The Bertz CT molecular complexity index is 359. The van der Waals surface area contributed by atoms with E-state index in [1.807, 2.05) is 12.1 Å². The lowest BCUT2D eigenvalue weighted by Gasteiger charge is -2.27. The smallest absolute Gasteiger partial charge is 0.251 e. The Morgan fingerprint density at radius 3 is 2.60 bits per heavy atom. The van der Waals surface area contributed by atoms with Crippen molar-refractivity contribution in [2.45, 2.75) is 40.5 Å². The molecule has 2 nitrogen and oxygen atoms in total. The van der Waals surface area contributed by atoms with Crippen molar-refractivity contribution in [2.75, 3.05) is 0 Å². The quantitative estimate of drug-likeness (QED) is 0.812. The van der Waals surface area contributed by atoms with Gasteiger partial charge in [-0.25, -0.2) is 0 Å². The number of aryl methyl sites for hydroxylation is 1. The van der Waals surface area contributed by atoms with Gasteiger partial charge in [-0.15, -0.1) is 0 Å². The highest BCUT2D eigenvalue weighted by Gasteiger charge is 2.19. The van der Waals surface area contributed by atoms with Gasteiger partial charge in [0, 0.05) is 11.8 Å². The topological polar surface area (TPSA) is 32.9 Å². The molecule has 1 heterocycles. The van der Waals surface area contributed by atoms with Crippen LogP contribution in [0.15, 0.2) is 23.1 Å². The Hall–Kier alpha value is -1.05. The minimum absolute atomic E-state index is 0.0543. The van der Waals surface area contributed by atoms with Crippen molar-refractivity contribution in [2.24, 2.45) is 11.3 Å². The van der Waals surface area contributed by atoms with Gasteiger partial charge in [-0.1, -0.05) is 33.8 Å². The van der Waals surface area contributed by atoms with E-state index in [9.17, 15) is 4.79 Å². The molecule has 0 aliphatic rings. The average molecular weight is 207 g/mol. The minimum atomic E-state index is 0.0543. The highest BCUT2D eigenvalue weighted by Crippen LogP contribution is 2.28. The summed E-state index contributed by atoms with van der Waals surface area (Å²) in [4.78, 5) is 14.1. The Morgan fingerprint density at radius 2 is 2.07 bits per heavy atom. The molecule has 84 valence electrons. The first-order valence-corrected chi connectivity index (χ1v) is 5.58. The molecule has 0 saturated heterocycles. The van der Waals surface area contributed by atoms with Crippen molar-refractivity contribution in [1.29, 1.82) is 0 Å². The summed E-state index contributed by atoms with van der Waals surface area (Å²) in [5, 5.41) is 0. The number of hydrogen-bond donors (Lipinski definition) is 1. The second kappa shape index (κ2) is 4.65. The molecule has 0 radical (unpaired) electrons. The van der Waals surface area contributed by atoms with Crippen molar-refractivity contribution in [3.05, 3.63) is 34.2 Å². The molecule has 1 N–H and O–H groups in total. The molecule has 0 fully saturated rings. The maximum atomic E-state index is 11.4. The predicted molar refractivity (Wildman–Crippen MR) is 64.0 cm³/mol. The number of aromatic nitrogens is 1. The van der Waals surface area contributed by atoms with E-state index < -0.39 is 0 Å². The average Bonchev–Trinajstić information content (AvgIpc) is 2.14. The van der Waals surface area contributed by atoms with Crippen LogP contribution in [0.4, 0.5) is 0 Å². The second-order valence-electron chi connectivity index (χ2n) is 5.33. The lowest BCUT2D eigenvalue weighted by Crippen LogP contribution is -2.19. The fourth-order valence-corrected chi connectivity index (χ4v) is 1.46. The van der Waals surface area contributed by atoms with Crippen LogP contribution in [0.1, 0.15) is 39.7 Å². The highest BCUT2D eigenvalue weighted by atomic mass is 16.1. The van der Waals surface area contributed by atoms with Crippen molar-refractivity contribution in [3.8, 4) is 0 Å².